The highest BCUT2D eigenvalue weighted by molar-refractivity contribution is 5.99. The normalized spacial score (nSPS) is 15.4. The zero-order valence-corrected chi connectivity index (χ0v) is 15.5. The number of fused-ring (bicyclic) bond motifs is 1. The summed E-state index contributed by atoms with van der Waals surface area (Å²) in [6.07, 6.45) is -0.457. The number of carbonyl (C=O) groups excluding carboxylic acids is 2. The second-order valence-electron chi connectivity index (χ2n) is 6.57. The summed E-state index contributed by atoms with van der Waals surface area (Å²) < 4.78 is 11.2. The molecule has 1 aliphatic rings. The Kier molecular flexibility index (Phi) is 4.57. The van der Waals surface area contributed by atoms with Crippen molar-refractivity contribution in [2.45, 2.75) is 26.4 Å². The Labute approximate surface area is 161 Å². The van der Waals surface area contributed by atoms with E-state index < -0.39 is 6.10 Å². The number of hydrogen-bond donors (Lipinski definition) is 2. The molecule has 1 aliphatic heterocycles. The van der Waals surface area contributed by atoms with Crippen molar-refractivity contribution < 1.29 is 18.7 Å². The molecule has 0 saturated heterocycles. The third-order valence-electron chi connectivity index (χ3n) is 4.44. The molecule has 7 heteroatoms. The molecule has 7 nitrogen and oxygen atoms in total. The van der Waals surface area contributed by atoms with Gasteiger partial charge >= 0.3 is 0 Å². The van der Waals surface area contributed by atoms with E-state index in [0.29, 0.717) is 34.5 Å². The van der Waals surface area contributed by atoms with Gasteiger partial charge in [-0.3, -0.25) is 9.59 Å². The molecule has 142 valence electrons. The molecule has 2 N–H and O–H groups in total. The number of rotatable bonds is 4. The van der Waals surface area contributed by atoms with Crippen LogP contribution in [0.5, 0.6) is 5.75 Å². The van der Waals surface area contributed by atoms with Crippen LogP contribution in [0, 0.1) is 6.92 Å². The fraction of sp³-hybridized carbons (Fsp3) is 0.190. The molecule has 0 saturated carbocycles. The summed E-state index contributed by atoms with van der Waals surface area (Å²) in [7, 11) is 0. The molecule has 0 bridgehead atoms. The van der Waals surface area contributed by atoms with Crippen molar-refractivity contribution in [3.8, 4) is 17.2 Å². The number of aromatic nitrogens is 1. The van der Waals surface area contributed by atoms with Gasteiger partial charge in [-0.25, -0.2) is 4.98 Å². The number of amides is 2. The first-order valence-electron chi connectivity index (χ1n) is 8.93. The van der Waals surface area contributed by atoms with E-state index >= 15 is 0 Å². The lowest BCUT2D eigenvalue weighted by molar-refractivity contribution is -0.122. The van der Waals surface area contributed by atoms with E-state index in [9.17, 15) is 9.59 Å². The van der Waals surface area contributed by atoms with E-state index in [2.05, 4.69) is 15.6 Å². The number of nitrogens with one attached hydrogen (secondary N) is 2. The van der Waals surface area contributed by atoms with E-state index in [1.165, 1.54) is 0 Å². The summed E-state index contributed by atoms with van der Waals surface area (Å²) in [6.45, 7) is 3.47. The average Bonchev–Trinajstić information content (AvgIpc) is 3.04. The Bertz CT molecular complexity index is 1040. The van der Waals surface area contributed by atoms with Gasteiger partial charge in [-0.15, -0.1) is 0 Å². The van der Waals surface area contributed by atoms with Crippen molar-refractivity contribution in [2.75, 3.05) is 10.6 Å². The lowest BCUT2D eigenvalue weighted by Crippen LogP contribution is -2.34. The first-order valence-corrected chi connectivity index (χ1v) is 8.93. The minimum absolute atomic E-state index is 0.0825. The maximum absolute atomic E-state index is 12.5. The molecule has 0 spiro atoms. The number of anilines is 2. The van der Waals surface area contributed by atoms with Crippen LogP contribution in [0.25, 0.3) is 11.5 Å². The van der Waals surface area contributed by atoms with E-state index in [1.54, 1.807) is 32.0 Å². The molecule has 0 fully saturated rings. The largest absolute Gasteiger partial charge is 0.479 e. The summed E-state index contributed by atoms with van der Waals surface area (Å²) in [5.41, 5.74) is 2.54. The number of hydrogen-bond acceptors (Lipinski definition) is 5. The number of benzene rings is 2. The molecular formula is C21H19N3O4. The molecule has 0 radical (unpaired) electrons. The molecule has 2 aromatic carbocycles. The van der Waals surface area contributed by atoms with Crippen molar-refractivity contribution in [2.24, 2.45) is 0 Å². The molecule has 3 aromatic rings. The van der Waals surface area contributed by atoms with Gasteiger partial charge in [-0.05, 0) is 44.2 Å². The Balaban J connectivity index is 1.46. The number of nitrogens with zero attached hydrogens (tertiary/aromatic N) is 1. The molecule has 2 heterocycles. The van der Waals surface area contributed by atoms with Gasteiger partial charge in [0.15, 0.2) is 6.10 Å². The predicted octanol–water partition coefficient (Wildman–Crippen LogP) is 3.55. The molecule has 2 amide bonds. The van der Waals surface area contributed by atoms with Crippen LogP contribution in [0.4, 0.5) is 11.4 Å². The molecular weight excluding hydrogens is 358 g/mol. The fourth-order valence-electron chi connectivity index (χ4n) is 2.94. The molecule has 0 aliphatic carbocycles. The fourth-order valence-corrected chi connectivity index (χ4v) is 2.94. The number of carbonyl (C=O) groups is 2. The predicted molar refractivity (Wildman–Crippen MR) is 104 cm³/mol. The van der Waals surface area contributed by atoms with Crippen molar-refractivity contribution in [1.29, 1.82) is 0 Å². The van der Waals surface area contributed by atoms with Crippen molar-refractivity contribution in [3.63, 3.8) is 0 Å². The molecule has 4 rings (SSSR count). The van der Waals surface area contributed by atoms with Crippen molar-refractivity contribution in [1.82, 2.24) is 4.98 Å². The molecule has 1 atom stereocenters. The van der Waals surface area contributed by atoms with Crippen LogP contribution in [-0.4, -0.2) is 22.9 Å². The average molecular weight is 377 g/mol. The Morgan fingerprint density at radius 2 is 2.00 bits per heavy atom. The quantitative estimate of drug-likeness (QED) is 0.725. The van der Waals surface area contributed by atoms with Gasteiger partial charge in [0.1, 0.15) is 11.5 Å². The summed E-state index contributed by atoms with van der Waals surface area (Å²) in [4.78, 5) is 28.6. The van der Waals surface area contributed by atoms with Crippen LogP contribution >= 0.6 is 0 Å². The van der Waals surface area contributed by atoms with Gasteiger partial charge in [0.05, 0.1) is 17.8 Å². The highest BCUT2D eigenvalue weighted by Crippen LogP contribution is 2.32. The van der Waals surface area contributed by atoms with E-state index in [-0.39, 0.29) is 18.2 Å². The monoisotopic (exact) mass is 377 g/mol. The second kappa shape index (κ2) is 7.19. The second-order valence-corrected chi connectivity index (χ2v) is 6.57. The third-order valence-corrected chi connectivity index (χ3v) is 4.44. The highest BCUT2D eigenvalue weighted by atomic mass is 16.5. The summed E-state index contributed by atoms with van der Waals surface area (Å²) >= 11 is 0. The SMILES string of the molecule is Cc1oc(-c2ccccc2)nc1CC(=O)Nc1ccc2c(c1)NC(=O)C(C)O2. The smallest absolute Gasteiger partial charge is 0.265 e. The van der Waals surface area contributed by atoms with Gasteiger partial charge in [-0.2, -0.15) is 0 Å². The van der Waals surface area contributed by atoms with E-state index in [0.717, 1.165) is 5.56 Å². The van der Waals surface area contributed by atoms with Crippen LogP contribution in [-0.2, 0) is 16.0 Å². The van der Waals surface area contributed by atoms with Crippen molar-refractivity contribution >= 4 is 23.2 Å². The minimum atomic E-state index is -0.540. The van der Waals surface area contributed by atoms with Crippen LogP contribution in [0.2, 0.25) is 0 Å². The molecule has 1 unspecified atom stereocenters. The maximum atomic E-state index is 12.5. The van der Waals surface area contributed by atoms with Gasteiger partial charge in [0.2, 0.25) is 11.8 Å². The minimum Gasteiger partial charge on any atom is -0.479 e. The summed E-state index contributed by atoms with van der Waals surface area (Å²) in [5, 5.41) is 5.58. The van der Waals surface area contributed by atoms with Crippen LogP contribution in [0.3, 0.4) is 0 Å². The standard InChI is InChI=1S/C21H19N3O4/c1-12-16(24-21(28-12)14-6-4-3-5-7-14)11-19(25)22-15-8-9-18-17(10-15)23-20(26)13(2)27-18/h3-10,13H,11H2,1-2H3,(H,22,25)(H,23,26). The Hall–Kier alpha value is -3.61. The number of ether oxygens (including phenoxy) is 1. The van der Waals surface area contributed by atoms with E-state index in [1.807, 2.05) is 30.3 Å². The van der Waals surface area contributed by atoms with Gasteiger partial charge in [-0.1, -0.05) is 18.2 Å². The first-order chi connectivity index (χ1) is 13.5. The third kappa shape index (κ3) is 3.59. The van der Waals surface area contributed by atoms with E-state index in [4.69, 9.17) is 9.15 Å². The highest BCUT2D eigenvalue weighted by Gasteiger charge is 2.23. The van der Waals surface area contributed by atoms with Crippen molar-refractivity contribution in [3.05, 3.63) is 60.0 Å². The summed E-state index contributed by atoms with van der Waals surface area (Å²) in [6, 6.07) is 14.6. The van der Waals surface area contributed by atoms with Crippen LogP contribution < -0.4 is 15.4 Å². The first kappa shape index (κ1) is 17.8. The topological polar surface area (TPSA) is 93.5 Å². The summed E-state index contributed by atoms with van der Waals surface area (Å²) in [5.74, 6) is 1.22. The zero-order chi connectivity index (χ0) is 19.7. The Morgan fingerprint density at radius 3 is 2.79 bits per heavy atom. The lowest BCUT2D eigenvalue weighted by Gasteiger charge is -2.23. The van der Waals surface area contributed by atoms with Crippen LogP contribution in [0.15, 0.2) is 52.9 Å². The Morgan fingerprint density at radius 1 is 1.21 bits per heavy atom. The van der Waals surface area contributed by atoms with Gasteiger partial charge in [0, 0.05) is 11.3 Å². The zero-order valence-electron chi connectivity index (χ0n) is 15.5. The van der Waals surface area contributed by atoms with Gasteiger partial charge in [0.25, 0.3) is 5.91 Å². The lowest BCUT2D eigenvalue weighted by atomic mass is 10.2. The number of oxazole rings is 1. The molecule has 28 heavy (non-hydrogen) atoms. The number of aryl methyl sites for hydroxylation is 1. The van der Waals surface area contributed by atoms with Gasteiger partial charge < -0.3 is 19.8 Å². The van der Waals surface area contributed by atoms with Crippen LogP contribution in [0.1, 0.15) is 18.4 Å². The maximum Gasteiger partial charge on any atom is 0.265 e. The molecule has 1 aromatic heterocycles.